The van der Waals surface area contributed by atoms with E-state index >= 15 is 0 Å². The van der Waals surface area contributed by atoms with Gasteiger partial charge in [0.25, 0.3) is 0 Å². The summed E-state index contributed by atoms with van der Waals surface area (Å²) in [6, 6.07) is 5.55. The number of benzene rings is 1. The van der Waals surface area contributed by atoms with Crippen LogP contribution in [0.4, 0.5) is 5.69 Å². The second-order valence-corrected chi connectivity index (χ2v) is 6.99. The lowest BCUT2D eigenvalue weighted by molar-refractivity contribution is 0.0521. The van der Waals surface area contributed by atoms with E-state index in [0.717, 1.165) is 24.0 Å². The van der Waals surface area contributed by atoms with Crippen LogP contribution in [0.25, 0.3) is 10.9 Å². The number of aromatic amines is 1. The van der Waals surface area contributed by atoms with Crippen LogP contribution < -0.4 is 4.74 Å². The molecule has 140 valence electrons. The van der Waals surface area contributed by atoms with Crippen LogP contribution in [0.5, 0.6) is 5.75 Å². The van der Waals surface area contributed by atoms with Crippen LogP contribution in [-0.4, -0.2) is 42.8 Å². The second kappa shape index (κ2) is 7.76. The number of H-pyrrole nitrogens is 1. The third-order valence-corrected chi connectivity index (χ3v) is 4.58. The van der Waals surface area contributed by atoms with Crippen LogP contribution in [-0.2, 0) is 4.74 Å². The molecule has 2 heterocycles. The summed E-state index contributed by atoms with van der Waals surface area (Å²) >= 11 is 0. The number of aromatic nitrogens is 1. The molecule has 1 saturated heterocycles. The molecule has 3 rings (SSSR count). The predicted molar refractivity (Wildman–Crippen MR) is 99.8 cm³/mol. The van der Waals surface area contributed by atoms with Crippen molar-refractivity contribution in [3.8, 4) is 5.75 Å². The quantitative estimate of drug-likeness (QED) is 0.637. The van der Waals surface area contributed by atoms with Crippen molar-refractivity contribution < 1.29 is 14.3 Å². The molecule has 7 nitrogen and oxygen atoms in total. The van der Waals surface area contributed by atoms with Gasteiger partial charge in [0.05, 0.1) is 13.7 Å². The van der Waals surface area contributed by atoms with E-state index in [9.17, 15) is 4.79 Å². The first-order valence-electron chi connectivity index (χ1n) is 9.05. The van der Waals surface area contributed by atoms with E-state index in [-0.39, 0.29) is 0 Å². The highest BCUT2D eigenvalue weighted by atomic mass is 16.5. The number of nitrogens with one attached hydrogen (secondary N) is 1. The van der Waals surface area contributed by atoms with Crippen molar-refractivity contribution in [2.75, 3.05) is 26.8 Å². The number of esters is 1. The Morgan fingerprint density at radius 2 is 2.04 bits per heavy atom. The van der Waals surface area contributed by atoms with E-state index in [1.54, 1.807) is 14.0 Å². The molecular formula is C19H26N4O3. The summed E-state index contributed by atoms with van der Waals surface area (Å²) in [6.45, 7) is 8.26. The summed E-state index contributed by atoms with van der Waals surface area (Å²) in [5.74, 6) is 1.41. The van der Waals surface area contributed by atoms with E-state index in [1.807, 2.05) is 23.2 Å². The fourth-order valence-electron chi connectivity index (χ4n) is 3.55. The van der Waals surface area contributed by atoms with Gasteiger partial charge >= 0.3 is 5.97 Å². The zero-order valence-electron chi connectivity index (χ0n) is 15.8. The van der Waals surface area contributed by atoms with Crippen LogP contribution in [0.2, 0.25) is 0 Å². The molecule has 2 aromatic rings. The van der Waals surface area contributed by atoms with E-state index < -0.39 is 5.97 Å². The summed E-state index contributed by atoms with van der Waals surface area (Å²) in [5, 5.41) is 11.6. The number of hydrogen-bond donors (Lipinski definition) is 1. The van der Waals surface area contributed by atoms with Crippen molar-refractivity contribution in [2.45, 2.75) is 27.2 Å². The third-order valence-electron chi connectivity index (χ3n) is 4.58. The van der Waals surface area contributed by atoms with Crippen molar-refractivity contribution in [2.24, 2.45) is 22.2 Å². The lowest BCUT2D eigenvalue weighted by Crippen LogP contribution is -2.34. The molecule has 0 bridgehead atoms. The van der Waals surface area contributed by atoms with Gasteiger partial charge in [-0.25, -0.2) is 4.79 Å². The molecule has 0 aliphatic carbocycles. The molecule has 0 radical (unpaired) electrons. The maximum Gasteiger partial charge on any atom is 0.357 e. The van der Waals surface area contributed by atoms with Gasteiger partial charge in [-0.15, -0.1) is 5.11 Å². The third kappa shape index (κ3) is 3.81. The molecule has 1 aliphatic rings. The Kier molecular flexibility index (Phi) is 5.44. The van der Waals surface area contributed by atoms with Gasteiger partial charge in [-0.2, -0.15) is 0 Å². The zero-order chi connectivity index (χ0) is 18.7. The number of carbonyl (C=O) groups excluding carboxylic acids is 1. The van der Waals surface area contributed by atoms with Gasteiger partial charge in [-0.05, 0) is 43.4 Å². The second-order valence-electron chi connectivity index (χ2n) is 6.99. The van der Waals surface area contributed by atoms with Gasteiger partial charge in [0.15, 0.2) is 5.69 Å². The predicted octanol–water partition coefficient (Wildman–Crippen LogP) is 4.33. The van der Waals surface area contributed by atoms with Crippen molar-refractivity contribution in [3.05, 3.63) is 23.9 Å². The standard InChI is InChI=1S/C19H26N4O3/c1-5-26-19(24)18-17(15-9-14(25-4)6-7-16(15)20-18)21-22-23-10-12(2)8-13(3)11-23/h6-7,9,12-13,20H,5,8,10-11H2,1-4H3. The fraction of sp³-hybridized carbons (Fsp3) is 0.526. The molecule has 7 heteroatoms. The Bertz CT molecular complexity index is 804. The molecule has 0 spiro atoms. The smallest absolute Gasteiger partial charge is 0.357 e. The molecule has 2 atom stereocenters. The molecule has 1 fully saturated rings. The number of ether oxygens (including phenoxy) is 2. The number of fused-ring (bicyclic) bond motifs is 1. The van der Waals surface area contributed by atoms with Crippen molar-refractivity contribution >= 4 is 22.6 Å². The van der Waals surface area contributed by atoms with Gasteiger partial charge in [0.1, 0.15) is 11.4 Å². The minimum Gasteiger partial charge on any atom is -0.497 e. The largest absolute Gasteiger partial charge is 0.497 e. The van der Waals surface area contributed by atoms with Gasteiger partial charge in [-0.3, -0.25) is 5.01 Å². The molecule has 0 saturated carbocycles. The highest BCUT2D eigenvalue weighted by molar-refractivity contribution is 6.05. The van der Waals surface area contributed by atoms with Crippen molar-refractivity contribution in [1.82, 2.24) is 9.99 Å². The molecule has 2 unspecified atom stereocenters. The minimum atomic E-state index is -0.433. The topological polar surface area (TPSA) is 79.3 Å². The van der Waals surface area contributed by atoms with Crippen molar-refractivity contribution in [1.29, 1.82) is 0 Å². The number of rotatable bonds is 5. The van der Waals surface area contributed by atoms with E-state index in [1.165, 1.54) is 6.42 Å². The number of nitrogens with zero attached hydrogens (tertiary/aromatic N) is 3. The van der Waals surface area contributed by atoms with Crippen LogP contribution in [0.15, 0.2) is 28.5 Å². The highest BCUT2D eigenvalue weighted by Gasteiger charge is 2.23. The first-order valence-corrected chi connectivity index (χ1v) is 9.05. The average molecular weight is 358 g/mol. The zero-order valence-corrected chi connectivity index (χ0v) is 15.8. The maximum atomic E-state index is 12.3. The number of hydrogen-bond acceptors (Lipinski definition) is 5. The fourth-order valence-corrected chi connectivity index (χ4v) is 3.55. The Labute approximate surface area is 153 Å². The lowest BCUT2D eigenvalue weighted by Gasteiger charge is -2.31. The molecule has 1 N–H and O–H groups in total. The van der Waals surface area contributed by atoms with E-state index in [4.69, 9.17) is 9.47 Å². The molecule has 0 amide bonds. The number of piperidine rings is 1. The van der Waals surface area contributed by atoms with E-state index in [2.05, 4.69) is 29.2 Å². The lowest BCUT2D eigenvalue weighted by atomic mass is 9.93. The first-order chi connectivity index (χ1) is 12.5. The van der Waals surface area contributed by atoms with E-state index in [0.29, 0.717) is 35.6 Å². The van der Waals surface area contributed by atoms with Crippen LogP contribution in [0.1, 0.15) is 37.7 Å². The molecule has 1 aromatic carbocycles. The Balaban J connectivity index is 1.99. The summed E-state index contributed by atoms with van der Waals surface area (Å²) in [4.78, 5) is 15.4. The first kappa shape index (κ1) is 18.2. The Morgan fingerprint density at radius 1 is 1.31 bits per heavy atom. The molecule has 1 aromatic heterocycles. The van der Waals surface area contributed by atoms with Gasteiger partial charge < -0.3 is 14.5 Å². The summed E-state index contributed by atoms with van der Waals surface area (Å²) in [6.07, 6.45) is 1.20. The minimum absolute atomic E-state index is 0.301. The molecular weight excluding hydrogens is 332 g/mol. The summed E-state index contributed by atoms with van der Waals surface area (Å²) in [7, 11) is 1.61. The summed E-state index contributed by atoms with van der Waals surface area (Å²) in [5.41, 5.74) is 1.60. The normalized spacial score (nSPS) is 20.7. The highest BCUT2D eigenvalue weighted by Crippen LogP contribution is 2.34. The molecule has 1 aliphatic heterocycles. The van der Waals surface area contributed by atoms with Gasteiger partial charge in [0.2, 0.25) is 0 Å². The van der Waals surface area contributed by atoms with Gasteiger partial charge in [0, 0.05) is 24.0 Å². The maximum absolute atomic E-state index is 12.3. The Hall–Kier alpha value is -2.57. The SMILES string of the molecule is CCOC(=O)c1[nH]c2ccc(OC)cc2c1N=NN1CC(C)CC(C)C1. The number of carbonyl (C=O) groups is 1. The van der Waals surface area contributed by atoms with Crippen LogP contribution in [0.3, 0.4) is 0 Å². The van der Waals surface area contributed by atoms with Crippen molar-refractivity contribution in [3.63, 3.8) is 0 Å². The van der Waals surface area contributed by atoms with Crippen LogP contribution >= 0.6 is 0 Å². The summed E-state index contributed by atoms with van der Waals surface area (Å²) < 4.78 is 10.5. The number of methoxy groups -OCH3 is 1. The average Bonchev–Trinajstić information content (AvgIpc) is 2.97. The van der Waals surface area contributed by atoms with Gasteiger partial charge in [-0.1, -0.05) is 19.1 Å². The molecule has 26 heavy (non-hydrogen) atoms. The van der Waals surface area contributed by atoms with Crippen LogP contribution in [0, 0.1) is 11.8 Å². The monoisotopic (exact) mass is 358 g/mol. The Morgan fingerprint density at radius 3 is 2.69 bits per heavy atom.